The molecule has 1 N–H and O–H groups in total. The molecule has 1 aromatic rings. The number of aromatic carboxylic acids is 1. The second-order valence-electron chi connectivity index (χ2n) is 2.97. The molecule has 9 heteroatoms. The van der Waals surface area contributed by atoms with Crippen LogP contribution in [0.3, 0.4) is 0 Å². The number of nitrogens with zero attached hydrogens (tertiary/aromatic N) is 1. The normalized spacial score (nSPS) is 11.2. The number of pyridine rings is 1. The molecule has 0 saturated heterocycles. The van der Waals surface area contributed by atoms with Gasteiger partial charge < -0.3 is 14.6 Å². The molecule has 1 heterocycles. The smallest absolute Gasteiger partial charge is 0.494 e. The van der Waals surface area contributed by atoms with Crippen LogP contribution in [-0.2, 0) is 5.33 Å². The minimum absolute atomic E-state index is 0.00310. The quantitative estimate of drug-likeness (QED) is 0.860. The number of carbonyl (C=O) groups is 1. The highest BCUT2D eigenvalue weighted by Gasteiger charge is 2.33. The van der Waals surface area contributed by atoms with Crippen LogP contribution in [0.2, 0.25) is 0 Å². The van der Waals surface area contributed by atoms with Crippen LogP contribution < -0.4 is 9.47 Å². The molecule has 0 aromatic carbocycles. The summed E-state index contributed by atoms with van der Waals surface area (Å²) in [5, 5.41) is 8.90. The van der Waals surface area contributed by atoms with E-state index in [-0.39, 0.29) is 16.8 Å². The maximum Gasteiger partial charge on any atom is 0.574 e. The topological polar surface area (TPSA) is 68.7 Å². The summed E-state index contributed by atoms with van der Waals surface area (Å²) < 4.78 is 44.5. The van der Waals surface area contributed by atoms with Crippen molar-refractivity contribution < 1.29 is 32.5 Å². The van der Waals surface area contributed by atoms with E-state index < -0.39 is 23.8 Å². The molecule has 0 saturated carbocycles. The van der Waals surface area contributed by atoms with E-state index in [0.29, 0.717) is 6.07 Å². The van der Waals surface area contributed by atoms with Gasteiger partial charge in [-0.25, -0.2) is 9.78 Å². The minimum Gasteiger partial charge on any atom is -0.494 e. The Labute approximate surface area is 108 Å². The van der Waals surface area contributed by atoms with E-state index in [1.165, 1.54) is 7.11 Å². The van der Waals surface area contributed by atoms with Crippen molar-refractivity contribution in [1.82, 2.24) is 4.98 Å². The molecule has 0 radical (unpaired) electrons. The number of ether oxygens (including phenoxy) is 2. The van der Waals surface area contributed by atoms with Crippen LogP contribution in [0.15, 0.2) is 6.07 Å². The summed E-state index contributed by atoms with van der Waals surface area (Å²) in [7, 11) is 1.19. The second-order valence-corrected chi connectivity index (χ2v) is 3.54. The first-order chi connectivity index (χ1) is 8.28. The fourth-order valence-corrected chi connectivity index (χ4v) is 1.59. The summed E-state index contributed by atoms with van der Waals surface area (Å²) in [4.78, 5) is 14.4. The van der Waals surface area contributed by atoms with E-state index in [1.54, 1.807) is 0 Å². The van der Waals surface area contributed by atoms with Crippen molar-refractivity contribution in [2.24, 2.45) is 0 Å². The number of hydrogen-bond donors (Lipinski definition) is 1. The van der Waals surface area contributed by atoms with E-state index in [0.717, 1.165) is 0 Å². The average Bonchev–Trinajstić information content (AvgIpc) is 2.25. The standard InChI is InChI=1S/C9H7BrF3NO4/c1-17-7-4(8(15)16)2-6(14-5(7)3-10)18-9(11,12)13/h2H,3H2,1H3,(H,15,16). The van der Waals surface area contributed by atoms with E-state index in [1.807, 2.05) is 0 Å². The number of carboxylic acids is 1. The van der Waals surface area contributed by atoms with Gasteiger partial charge in [-0.3, -0.25) is 0 Å². The van der Waals surface area contributed by atoms with Gasteiger partial charge in [0.1, 0.15) is 5.56 Å². The highest BCUT2D eigenvalue weighted by Crippen LogP contribution is 2.30. The third-order valence-electron chi connectivity index (χ3n) is 1.80. The Balaban J connectivity index is 3.32. The molecule has 100 valence electrons. The molecule has 0 bridgehead atoms. The molecular weight excluding hydrogens is 323 g/mol. The monoisotopic (exact) mass is 329 g/mol. The van der Waals surface area contributed by atoms with Crippen molar-refractivity contribution in [1.29, 1.82) is 0 Å². The number of alkyl halides is 4. The zero-order valence-corrected chi connectivity index (χ0v) is 10.5. The van der Waals surface area contributed by atoms with Gasteiger partial charge in [-0.15, -0.1) is 13.2 Å². The van der Waals surface area contributed by atoms with Crippen molar-refractivity contribution >= 4 is 21.9 Å². The third kappa shape index (κ3) is 3.49. The van der Waals surface area contributed by atoms with Crippen molar-refractivity contribution in [3.05, 3.63) is 17.3 Å². The Morgan fingerprint density at radius 3 is 2.56 bits per heavy atom. The summed E-state index contributed by atoms with van der Waals surface area (Å²) in [6.45, 7) is 0. The summed E-state index contributed by atoms with van der Waals surface area (Å²) in [6.07, 6.45) is -4.94. The molecule has 0 aliphatic heterocycles. The maximum atomic E-state index is 12.0. The molecule has 1 rings (SSSR count). The van der Waals surface area contributed by atoms with Gasteiger partial charge in [0, 0.05) is 11.4 Å². The number of aromatic nitrogens is 1. The lowest BCUT2D eigenvalue weighted by atomic mass is 10.2. The SMILES string of the molecule is COc1c(C(=O)O)cc(OC(F)(F)F)nc1CBr. The molecule has 5 nitrogen and oxygen atoms in total. The van der Waals surface area contributed by atoms with Crippen LogP contribution in [0.4, 0.5) is 13.2 Å². The lowest BCUT2D eigenvalue weighted by molar-refractivity contribution is -0.276. The van der Waals surface area contributed by atoms with Gasteiger partial charge in [0.25, 0.3) is 0 Å². The molecule has 18 heavy (non-hydrogen) atoms. The molecule has 1 aromatic heterocycles. The van der Waals surface area contributed by atoms with E-state index in [9.17, 15) is 18.0 Å². The van der Waals surface area contributed by atoms with Gasteiger partial charge in [-0.05, 0) is 0 Å². The highest BCUT2D eigenvalue weighted by molar-refractivity contribution is 9.08. The zero-order chi connectivity index (χ0) is 13.9. The summed E-state index contributed by atoms with van der Waals surface area (Å²) in [5.74, 6) is -2.41. The first kappa shape index (κ1) is 14.6. The molecule has 0 aliphatic rings. The van der Waals surface area contributed by atoms with Gasteiger partial charge in [-0.1, -0.05) is 15.9 Å². The van der Waals surface area contributed by atoms with Crippen LogP contribution in [0, 0.1) is 0 Å². The Kier molecular flexibility index (Phi) is 4.38. The Morgan fingerprint density at radius 2 is 2.17 bits per heavy atom. The molecular formula is C9H7BrF3NO4. The molecule has 0 spiro atoms. The Hall–Kier alpha value is -1.51. The van der Waals surface area contributed by atoms with Crippen LogP contribution in [0.25, 0.3) is 0 Å². The molecule has 0 atom stereocenters. The molecule has 0 fully saturated rings. The van der Waals surface area contributed by atoms with E-state index in [4.69, 9.17) is 9.84 Å². The molecule has 0 aliphatic carbocycles. The highest BCUT2D eigenvalue weighted by atomic mass is 79.9. The Morgan fingerprint density at radius 1 is 1.56 bits per heavy atom. The van der Waals surface area contributed by atoms with Gasteiger partial charge in [-0.2, -0.15) is 0 Å². The van der Waals surface area contributed by atoms with Crippen molar-refractivity contribution in [3.8, 4) is 11.6 Å². The number of hydrogen-bond acceptors (Lipinski definition) is 4. The first-order valence-corrected chi connectivity index (χ1v) is 5.53. The van der Waals surface area contributed by atoms with Gasteiger partial charge in [0.2, 0.25) is 5.88 Å². The van der Waals surface area contributed by atoms with Gasteiger partial charge in [0.15, 0.2) is 5.75 Å². The predicted octanol–water partition coefficient (Wildman–Crippen LogP) is 2.58. The number of methoxy groups -OCH3 is 1. The lowest BCUT2D eigenvalue weighted by Crippen LogP contribution is -2.19. The van der Waals surface area contributed by atoms with Crippen LogP contribution in [0.1, 0.15) is 16.1 Å². The third-order valence-corrected chi connectivity index (χ3v) is 2.33. The average molecular weight is 330 g/mol. The van der Waals surface area contributed by atoms with E-state index >= 15 is 0 Å². The fraction of sp³-hybridized carbons (Fsp3) is 0.333. The Bertz CT molecular complexity index is 464. The number of rotatable bonds is 4. The van der Waals surface area contributed by atoms with Crippen LogP contribution >= 0.6 is 15.9 Å². The lowest BCUT2D eigenvalue weighted by Gasteiger charge is -2.13. The predicted molar refractivity (Wildman–Crippen MR) is 57.1 cm³/mol. The number of carboxylic acid groups (broad SMARTS) is 1. The molecule has 0 unspecified atom stereocenters. The largest absolute Gasteiger partial charge is 0.574 e. The van der Waals surface area contributed by atoms with E-state index in [2.05, 4.69) is 25.7 Å². The molecule has 0 amide bonds. The fourth-order valence-electron chi connectivity index (χ4n) is 1.21. The summed E-state index contributed by atoms with van der Waals surface area (Å²) in [6, 6.07) is 0.654. The van der Waals surface area contributed by atoms with Crippen LogP contribution in [-0.4, -0.2) is 29.5 Å². The van der Waals surface area contributed by atoms with Crippen molar-refractivity contribution in [3.63, 3.8) is 0 Å². The summed E-state index contributed by atoms with van der Waals surface area (Å²) in [5.41, 5.74) is -0.460. The zero-order valence-electron chi connectivity index (χ0n) is 8.92. The van der Waals surface area contributed by atoms with Crippen LogP contribution in [0.5, 0.6) is 11.6 Å². The number of halogens is 4. The maximum absolute atomic E-state index is 12.0. The van der Waals surface area contributed by atoms with Gasteiger partial charge in [0.05, 0.1) is 12.8 Å². The first-order valence-electron chi connectivity index (χ1n) is 4.41. The van der Waals surface area contributed by atoms with Gasteiger partial charge >= 0.3 is 12.3 Å². The van der Waals surface area contributed by atoms with Crippen molar-refractivity contribution in [2.45, 2.75) is 11.7 Å². The summed E-state index contributed by atoms with van der Waals surface area (Å²) >= 11 is 2.97. The second kappa shape index (κ2) is 5.42. The minimum atomic E-state index is -4.94. The van der Waals surface area contributed by atoms with Crippen molar-refractivity contribution in [2.75, 3.05) is 7.11 Å².